The number of likely N-dealkylation sites (N-methyl/N-ethyl adjacent to an activating group) is 1. The van der Waals surface area contributed by atoms with Crippen LogP contribution in [0.25, 0.3) is 0 Å². The van der Waals surface area contributed by atoms with Gasteiger partial charge in [0.1, 0.15) is 12.6 Å². The van der Waals surface area contributed by atoms with Crippen LogP contribution in [0.15, 0.2) is 88.2 Å². The smallest absolute Gasteiger partial charge is 0.264 e. The van der Waals surface area contributed by atoms with Crippen LogP contribution < -0.4 is 9.62 Å². The normalized spacial score (nSPS) is 12.0. The fraction of sp³-hybridized carbons (Fsp3) is 0.259. The first-order valence-corrected chi connectivity index (χ1v) is 13.8. The Balaban J connectivity index is 2.00. The predicted octanol–water partition coefficient (Wildman–Crippen LogP) is 4.51. The molecule has 190 valence electrons. The lowest BCUT2D eigenvalue weighted by atomic mass is 10.1. The van der Waals surface area contributed by atoms with Crippen LogP contribution in [0.3, 0.4) is 0 Å². The summed E-state index contributed by atoms with van der Waals surface area (Å²) in [5.41, 5.74) is 2.09. The first-order valence-electron chi connectivity index (χ1n) is 11.6. The number of nitrogens with one attached hydrogen (secondary N) is 1. The third-order valence-electron chi connectivity index (χ3n) is 5.69. The van der Waals surface area contributed by atoms with Crippen molar-refractivity contribution < 1.29 is 18.0 Å². The standard InChI is InChI=1S/C27H30BrN3O4S/c1-4-29-27(33)21(3)30(18-22-9-8-10-23(28)17-22)26(32)19-31(24-11-6-5-7-12-24)36(34,35)25-15-13-20(2)14-16-25/h5-17,21H,4,18-19H2,1-3H3,(H,29,33)/t21-/m0/s1. The molecule has 3 rings (SSSR count). The molecule has 0 unspecified atom stereocenters. The van der Waals surface area contributed by atoms with Gasteiger partial charge in [0, 0.05) is 17.6 Å². The van der Waals surface area contributed by atoms with Crippen LogP contribution in [0.2, 0.25) is 0 Å². The van der Waals surface area contributed by atoms with Gasteiger partial charge in [-0.3, -0.25) is 13.9 Å². The van der Waals surface area contributed by atoms with Crippen molar-refractivity contribution in [2.45, 2.75) is 38.3 Å². The number of carbonyl (C=O) groups excluding carboxylic acids is 2. The molecule has 0 fully saturated rings. The number of aryl methyl sites for hydroxylation is 1. The zero-order chi connectivity index (χ0) is 26.3. The Labute approximate surface area is 221 Å². The van der Waals surface area contributed by atoms with Gasteiger partial charge in [0.05, 0.1) is 10.6 Å². The summed E-state index contributed by atoms with van der Waals surface area (Å²) in [5.74, 6) is -0.804. The Morgan fingerprint density at radius 2 is 1.64 bits per heavy atom. The number of rotatable bonds is 10. The number of halogens is 1. The van der Waals surface area contributed by atoms with E-state index < -0.39 is 28.5 Å². The monoisotopic (exact) mass is 571 g/mol. The van der Waals surface area contributed by atoms with E-state index in [1.54, 1.807) is 56.3 Å². The number of para-hydroxylation sites is 1. The third-order valence-corrected chi connectivity index (χ3v) is 7.97. The highest BCUT2D eigenvalue weighted by molar-refractivity contribution is 9.10. The molecule has 1 atom stereocenters. The van der Waals surface area contributed by atoms with Gasteiger partial charge in [0.25, 0.3) is 10.0 Å². The Hall–Kier alpha value is -3.17. The van der Waals surface area contributed by atoms with E-state index in [1.165, 1.54) is 17.0 Å². The summed E-state index contributed by atoms with van der Waals surface area (Å²) in [5, 5.41) is 2.75. The number of amides is 2. The van der Waals surface area contributed by atoms with E-state index in [0.29, 0.717) is 12.2 Å². The maximum atomic E-state index is 13.7. The fourth-order valence-electron chi connectivity index (χ4n) is 3.70. The maximum absolute atomic E-state index is 13.7. The van der Waals surface area contributed by atoms with Crippen molar-refractivity contribution in [3.8, 4) is 0 Å². The zero-order valence-electron chi connectivity index (χ0n) is 20.5. The summed E-state index contributed by atoms with van der Waals surface area (Å²) in [4.78, 5) is 27.9. The summed E-state index contributed by atoms with van der Waals surface area (Å²) < 4.78 is 29.3. The summed E-state index contributed by atoms with van der Waals surface area (Å²) in [6.45, 7) is 5.41. The second-order valence-electron chi connectivity index (χ2n) is 8.38. The minimum absolute atomic E-state index is 0.0834. The molecule has 3 aromatic rings. The van der Waals surface area contributed by atoms with Crippen LogP contribution >= 0.6 is 15.9 Å². The number of benzene rings is 3. The third kappa shape index (κ3) is 6.73. The van der Waals surface area contributed by atoms with Gasteiger partial charge in [-0.2, -0.15) is 0 Å². The molecule has 0 heterocycles. The number of hydrogen-bond acceptors (Lipinski definition) is 4. The van der Waals surface area contributed by atoms with Crippen LogP contribution in [-0.4, -0.2) is 44.3 Å². The van der Waals surface area contributed by atoms with Crippen LogP contribution in [0, 0.1) is 6.92 Å². The molecule has 0 saturated heterocycles. The molecule has 9 heteroatoms. The summed E-state index contributed by atoms with van der Waals surface area (Å²) in [7, 11) is -4.06. The van der Waals surface area contributed by atoms with Crippen molar-refractivity contribution in [3.05, 3.63) is 94.5 Å². The van der Waals surface area contributed by atoms with E-state index >= 15 is 0 Å². The van der Waals surface area contributed by atoms with Crippen LogP contribution in [0.5, 0.6) is 0 Å². The molecule has 36 heavy (non-hydrogen) atoms. The van der Waals surface area contributed by atoms with E-state index in [9.17, 15) is 18.0 Å². The number of carbonyl (C=O) groups is 2. The second kappa shape index (κ2) is 12.2. The van der Waals surface area contributed by atoms with Crippen LogP contribution in [0.1, 0.15) is 25.0 Å². The van der Waals surface area contributed by atoms with E-state index in [1.807, 2.05) is 31.2 Å². The number of sulfonamides is 1. The minimum Gasteiger partial charge on any atom is -0.355 e. The van der Waals surface area contributed by atoms with Gasteiger partial charge in [-0.15, -0.1) is 0 Å². The predicted molar refractivity (Wildman–Crippen MR) is 145 cm³/mol. The van der Waals surface area contributed by atoms with Gasteiger partial charge >= 0.3 is 0 Å². The molecule has 2 amide bonds. The molecule has 0 spiro atoms. The molecule has 0 aliphatic heterocycles. The Bertz CT molecular complexity index is 1300. The van der Waals surface area contributed by atoms with E-state index in [0.717, 1.165) is 19.9 Å². The van der Waals surface area contributed by atoms with E-state index in [2.05, 4.69) is 21.2 Å². The molecule has 0 aromatic heterocycles. The first kappa shape index (κ1) is 27.4. The summed E-state index contributed by atoms with van der Waals surface area (Å²) >= 11 is 3.44. The molecular weight excluding hydrogens is 542 g/mol. The van der Waals surface area contributed by atoms with Crippen molar-refractivity contribution >= 4 is 43.5 Å². The largest absolute Gasteiger partial charge is 0.355 e. The first-order chi connectivity index (χ1) is 17.1. The highest BCUT2D eigenvalue weighted by Gasteiger charge is 2.32. The Morgan fingerprint density at radius 1 is 0.972 bits per heavy atom. The van der Waals surface area contributed by atoms with E-state index in [4.69, 9.17) is 0 Å². The second-order valence-corrected chi connectivity index (χ2v) is 11.2. The summed E-state index contributed by atoms with van der Waals surface area (Å²) in [6.07, 6.45) is 0. The zero-order valence-corrected chi connectivity index (χ0v) is 22.9. The molecule has 0 aliphatic carbocycles. The lowest BCUT2D eigenvalue weighted by Gasteiger charge is -2.32. The maximum Gasteiger partial charge on any atom is 0.264 e. The van der Waals surface area contributed by atoms with Gasteiger partial charge in [0.2, 0.25) is 11.8 Å². The van der Waals surface area contributed by atoms with Crippen molar-refractivity contribution in [1.29, 1.82) is 0 Å². The van der Waals surface area contributed by atoms with E-state index in [-0.39, 0.29) is 17.3 Å². The molecule has 0 saturated carbocycles. The average molecular weight is 573 g/mol. The van der Waals surface area contributed by atoms with Crippen molar-refractivity contribution in [2.75, 3.05) is 17.4 Å². The Morgan fingerprint density at radius 3 is 2.25 bits per heavy atom. The Kier molecular flexibility index (Phi) is 9.28. The van der Waals surface area contributed by atoms with Gasteiger partial charge in [-0.25, -0.2) is 8.42 Å². The SMILES string of the molecule is CCNC(=O)[C@H](C)N(Cc1cccc(Br)c1)C(=O)CN(c1ccccc1)S(=O)(=O)c1ccc(C)cc1. The molecule has 1 N–H and O–H groups in total. The lowest BCUT2D eigenvalue weighted by Crippen LogP contribution is -2.51. The number of nitrogens with zero attached hydrogens (tertiary/aromatic N) is 2. The average Bonchev–Trinajstić information content (AvgIpc) is 2.86. The fourth-order valence-corrected chi connectivity index (χ4v) is 5.56. The molecule has 3 aromatic carbocycles. The highest BCUT2D eigenvalue weighted by atomic mass is 79.9. The van der Waals surface area contributed by atoms with Gasteiger partial charge < -0.3 is 10.2 Å². The minimum atomic E-state index is -4.06. The van der Waals surface area contributed by atoms with Gasteiger partial charge in [-0.05, 0) is 62.7 Å². The molecule has 0 bridgehead atoms. The number of anilines is 1. The molecule has 7 nitrogen and oxygen atoms in total. The van der Waals surface area contributed by atoms with Crippen LogP contribution in [0.4, 0.5) is 5.69 Å². The van der Waals surface area contributed by atoms with Gasteiger partial charge in [-0.1, -0.05) is 64.0 Å². The molecule has 0 radical (unpaired) electrons. The van der Waals surface area contributed by atoms with Gasteiger partial charge in [0.15, 0.2) is 0 Å². The van der Waals surface area contributed by atoms with Crippen LogP contribution in [-0.2, 0) is 26.2 Å². The number of hydrogen-bond donors (Lipinski definition) is 1. The van der Waals surface area contributed by atoms with Crippen molar-refractivity contribution in [1.82, 2.24) is 10.2 Å². The molecule has 0 aliphatic rings. The topological polar surface area (TPSA) is 86.8 Å². The summed E-state index contributed by atoms with van der Waals surface area (Å²) in [6, 6.07) is 21.6. The van der Waals surface area contributed by atoms with Crippen molar-refractivity contribution in [3.63, 3.8) is 0 Å². The molecular formula is C27H30BrN3O4S. The highest BCUT2D eigenvalue weighted by Crippen LogP contribution is 2.25. The quantitative estimate of drug-likeness (QED) is 0.388. The van der Waals surface area contributed by atoms with Crippen molar-refractivity contribution in [2.24, 2.45) is 0 Å². The lowest BCUT2D eigenvalue weighted by molar-refractivity contribution is -0.139.